The van der Waals surface area contributed by atoms with Crippen molar-refractivity contribution in [1.82, 2.24) is 4.98 Å². The van der Waals surface area contributed by atoms with Crippen molar-refractivity contribution in [2.45, 2.75) is 19.4 Å². The van der Waals surface area contributed by atoms with E-state index in [9.17, 15) is 9.18 Å². The molecule has 1 rings (SSSR count). The molecule has 1 aromatic rings. The zero-order valence-corrected chi connectivity index (χ0v) is 9.95. The Labute approximate surface area is 98.6 Å². The number of rotatable bonds is 5. The fourth-order valence-corrected chi connectivity index (χ4v) is 1.10. The van der Waals surface area contributed by atoms with E-state index in [1.54, 1.807) is 7.11 Å². The van der Waals surface area contributed by atoms with Gasteiger partial charge in [0.1, 0.15) is 5.56 Å². The molecule has 0 radical (unpaired) electrons. The number of aromatic nitrogens is 1. The predicted molar refractivity (Wildman–Crippen MR) is 60.7 cm³/mol. The third kappa shape index (κ3) is 3.39. The number of ether oxygens (including phenoxy) is 1. The van der Waals surface area contributed by atoms with Crippen molar-refractivity contribution < 1.29 is 19.0 Å². The Morgan fingerprint density at radius 2 is 2.29 bits per heavy atom. The van der Waals surface area contributed by atoms with Gasteiger partial charge in [-0.2, -0.15) is 0 Å². The van der Waals surface area contributed by atoms with Gasteiger partial charge in [-0.25, -0.2) is 14.2 Å². The first-order valence-corrected chi connectivity index (χ1v) is 5.04. The normalized spacial score (nSPS) is 11.3. The minimum absolute atomic E-state index is 0.0879. The van der Waals surface area contributed by atoms with Crippen molar-refractivity contribution in [2.24, 2.45) is 0 Å². The van der Waals surface area contributed by atoms with E-state index in [0.717, 1.165) is 6.07 Å². The Morgan fingerprint density at radius 3 is 2.82 bits per heavy atom. The molecule has 0 aromatic carbocycles. The van der Waals surface area contributed by atoms with E-state index in [1.807, 2.05) is 13.8 Å². The van der Waals surface area contributed by atoms with E-state index in [2.05, 4.69) is 10.3 Å². The number of methoxy groups -OCH3 is 1. The summed E-state index contributed by atoms with van der Waals surface area (Å²) in [7, 11) is 1.54. The predicted octanol–water partition coefficient (Wildman–Crippen LogP) is 1.76. The van der Waals surface area contributed by atoms with Gasteiger partial charge in [-0.05, 0) is 19.9 Å². The van der Waals surface area contributed by atoms with E-state index in [0.29, 0.717) is 6.54 Å². The number of carboxylic acids is 1. The van der Waals surface area contributed by atoms with E-state index >= 15 is 0 Å². The van der Waals surface area contributed by atoms with Gasteiger partial charge in [-0.1, -0.05) is 0 Å². The summed E-state index contributed by atoms with van der Waals surface area (Å²) in [5, 5.41) is 11.5. The van der Waals surface area contributed by atoms with Gasteiger partial charge in [0.15, 0.2) is 11.6 Å². The van der Waals surface area contributed by atoms with Crippen molar-refractivity contribution in [3.63, 3.8) is 0 Å². The lowest BCUT2D eigenvalue weighted by Gasteiger charge is -2.23. The quantitative estimate of drug-likeness (QED) is 0.823. The van der Waals surface area contributed by atoms with Gasteiger partial charge in [0.05, 0.1) is 5.60 Å². The van der Waals surface area contributed by atoms with E-state index < -0.39 is 23.0 Å². The number of halogens is 1. The fourth-order valence-electron chi connectivity index (χ4n) is 1.10. The molecule has 0 fully saturated rings. The summed E-state index contributed by atoms with van der Waals surface area (Å²) in [6.07, 6.45) is 1.24. The molecule has 0 aliphatic rings. The van der Waals surface area contributed by atoms with Gasteiger partial charge < -0.3 is 15.2 Å². The number of nitrogens with zero attached hydrogens (tertiary/aromatic N) is 1. The third-order valence-electron chi connectivity index (χ3n) is 2.35. The molecule has 6 heteroatoms. The van der Waals surface area contributed by atoms with Crippen LogP contribution in [0.2, 0.25) is 0 Å². The highest BCUT2D eigenvalue weighted by Gasteiger charge is 2.19. The summed E-state index contributed by atoms with van der Waals surface area (Å²) in [4.78, 5) is 14.5. The van der Waals surface area contributed by atoms with Gasteiger partial charge >= 0.3 is 5.97 Å². The highest BCUT2D eigenvalue weighted by atomic mass is 19.1. The second-order valence-corrected chi connectivity index (χ2v) is 4.14. The van der Waals surface area contributed by atoms with E-state index in [-0.39, 0.29) is 5.82 Å². The molecule has 0 aliphatic carbocycles. The average Bonchev–Trinajstić information content (AvgIpc) is 2.27. The molecule has 2 N–H and O–H groups in total. The lowest BCUT2D eigenvalue weighted by Crippen LogP contribution is -2.32. The SMILES string of the molecule is COC(C)(C)CNc1nccc(C(=O)O)c1F. The molecule has 1 aromatic heterocycles. The standard InChI is InChI=1S/C11H15FN2O3/c1-11(2,17-3)6-14-9-8(12)7(10(15)16)4-5-13-9/h4-5H,6H2,1-3H3,(H,13,14)(H,15,16). The number of nitrogens with one attached hydrogen (secondary N) is 1. The Hall–Kier alpha value is -1.69. The summed E-state index contributed by atoms with van der Waals surface area (Å²) in [5.74, 6) is -2.28. The van der Waals surface area contributed by atoms with Crippen LogP contribution in [0.4, 0.5) is 10.2 Å². The smallest absolute Gasteiger partial charge is 0.338 e. The molecule has 0 bridgehead atoms. The van der Waals surface area contributed by atoms with Gasteiger partial charge in [0, 0.05) is 19.9 Å². The lowest BCUT2D eigenvalue weighted by molar-refractivity contribution is 0.0342. The zero-order chi connectivity index (χ0) is 13.1. The van der Waals surface area contributed by atoms with Gasteiger partial charge in [-0.3, -0.25) is 0 Å². The highest BCUT2D eigenvalue weighted by molar-refractivity contribution is 5.88. The maximum absolute atomic E-state index is 13.7. The molecule has 94 valence electrons. The second-order valence-electron chi connectivity index (χ2n) is 4.14. The van der Waals surface area contributed by atoms with Crippen molar-refractivity contribution in [3.8, 4) is 0 Å². The summed E-state index contributed by atoms with van der Waals surface area (Å²) < 4.78 is 18.8. The van der Waals surface area contributed by atoms with Crippen molar-refractivity contribution in [3.05, 3.63) is 23.6 Å². The van der Waals surface area contributed by atoms with Gasteiger partial charge in [0.25, 0.3) is 0 Å². The van der Waals surface area contributed by atoms with Crippen molar-refractivity contribution in [2.75, 3.05) is 19.0 Å². The van der Waals surface area contributed by atoms with Crippen LogP contribution in [0.1, 0.15) is 24.2 Å². The Bertz CT molecular complexity index is 421. The number of hydrogen-bond donors (Lipinski definition) is 2. The fraction of sp³-hybridized carbons (Fsp3) is 0.455. The molecule has 0 spiro atoms. The molecule has 0 saturated heterocycles. The van der Waals surface area contributed by atoms with Crippen LogP contribution in [0.15, 0.2) is 12.3 Å². The Balaban J connectivity index is 2.86. The molecule has 0 saturated carbocycles. The molecule has 0 amide bonds. The number of anilines is 1. The molecular weight excluding hydrogens is 227 g/mol. The van der Waals surface area contributed by atoms with Crippen LogP contribution in [0.25, 0.3) is 0 Å². The number of aromatic carboxylic acids is 1. The van der Waals surface area contributed by atoms with Crippen molar-refractivity contribution >= 4 is 11.8 Å². The minimum atomic E-state index is -1.32. The topological polar surface area (TPSA) is 71.5 Å². The Kier molecular flexibility index (Phi) is 4.01. The number of hydrogen-bond acceptors (Lipinski definition) is 4. The summed E-state index contributed by atoms with van der Waals surface area (Å²) in [5.41, 5.74) is -0.898. The molecule has 0 aliphatic heterocycles. The van der Waals surface area contributed by atoms with Crippen LogP contribution in [-0.2, 0) is 4.74 Å². The zero-order valence-electron chi connectivity index (χ0n) is 9.95. The maximum Gasteiger partial charge on any atom is 0.338 e. The largest absolute Gasteiger partial charge is 0.478 e. The van der Waals surface area contributed by atoms with Crippen LogP contribution < -0.4 is 5.32 Å². The third-order valence-corrected chi connectivity index (χ3v) is 2.35. The summed E-state index contributed by atoms with van der Waals surface area (Å²) in [6, 6.07) is 1.12. The van der Waals surface area contributed by atoms with Crippen LogP contribution in [0, 0.1) is 5.82 Å². The minimum Gasteiger partial charge on any atom is -0.478 e. The molecule has 0 unspecified atom stereocenters. The van der Waals surface area contributed by atoms with Crippen molar-refractivity contribution in [1.29, 1.82) is 0 Å². The molecule has 5 nitrogen and oxygen atoms in total. The summed E-state index contributed by atoms with van der Waals surface area (Å²) in [6.45, 7) is 3.95. The van der Waals surface area contributed by atoms with Gasteiger partial charge in [-0.15, -0.1) is 0 Å². The van der Waals surface area contributed by atoms with Crippen LogP contribution in [-0.4, -0.2) is 35.3 Å². The molecule has 1 heterocycles. The molecule has 17 heavy (non-hydrogen) atoms. The monoisotopic (exact) mass is 242 g/mol. The van der Waals surface area contributed by atoms with E-state index in [1.165, 1.54) is 6.20 Å². The van der Waals surface area contributed by atoms with Crippen LogP contribution in [0.3, 0.4) is 0 Å². The van der Waals surface area contributed by atoms with E-state index in [4.69, 9.17) is 9.84 Å². The second kappa shape index (κ2) is 5.09. The molecular formula is C11H15FN2O3. The van der Waals surface area contributed by atoms with Crippen LogP contribution >= 0.6 is 0 Å². The first-order chi connectivity index (χ1) is 7.87. The lowest BCUT2D eigenvalue weighted by atomic mass is 10.1. The first kappa shape index (κ1) is 13.4. The maximum atomic E-state index is 13.7. The average molecular weight is 242 g/mol. The number of pyridine rings is 1. The summed E-state index contributed by atoms with van der Waals surface area (Å²) >= 11 is 0. The number of carboxylic acid groups (broad SMARTS) is 1. The molecule has 0 atom stereocenters. The van der Waals surface area contributed by atoms with Crippen LogP contribution in [0.5, 0.6) is 0 Å². The van der Waals surface area contributed by atoms with Gasteiger partial charge in [0.2, 0.25) is 0 Å². The first-order valence-electron chi connectivity index (χ1n) is 5.04. The Morgan fingerprint density at radius 1 is 1.65 bits per heavy atom. The highest BCUT2D eigenvalue weighted by Crippen LogP contribution is 2.16. The number of carbonyl (C=O) groups is 1.